The zero-order valence-electron chi connectivity index (χ0n) is 10.7. The van der Waals surface area contributed by atoms with Crippen LogP contribution in [0.15, 0.2) is 28.1 Å². The first-order valence-corrected chi connectivity index (χ1v) is 6.54. The van der Waals surface area contributed by atoms with E-state index >= 15 is 0 Å². The third kappa shape index (κ3) is 3.08. The topological polar surface area (TPSA) is 73.9 Å². The van der Waals surface area contributed by atoms with Crippen molar-refractivity contribution in [2.75, 3.05) is 13.7 Å². The number of carbonyl (C=O) groups excluding carboxylic acids is 1. The van der Waals surface area contributed by atoms with E-state index < -0.39 is 0 Å². The lowest BCUT2D eigenvalue weighted by Gasteiger charge is -2.09. The number of benzene rings is 1. The molecule has 0 bridgehead atoms. The highest BCUT2D eigenvalue weighted by Gasteiger charge is 2.19. The van der Waals surface area contributed by atoms with Crippen molar-refractivity contribution in [3.8, 4) is 11.5 Å². The molecule has 2 rings (SSSR count). The van der Waals surface area contributed by atoms with E-state index in [0.717, 1.165) is 17.3 Å². The highest BCUT2D eigenvalue weighted by Crippen LogP contribution is 2.31. The molecule has 0 atom stereocenters. The van der Waals surface area contributed by atoms with Crippen LogP contribution in [-0.4, -0.2) is 24.8 Å². The van der Waals surface area contributed by atoms with Crippen LogP contribution in [0.3, 0.4) is 0 Å². The number of hydrogen-bond donors (Lipinski definition) is 1. The van der Waals surface area contributed by atoms with Crippen LogP contribution >= 0.6 is 11.8 Å². The molecule has 0 fully saturated rings. The van der Waals surface area contributed by atoms with Gasteiger partial charge in [-0.15, -0.1) is 0 Å². The average molecular weight is 278 g/mol. The van der Waals surface area contributed by atoms with Gasteiger partial charge in [0.15, 0.2) is 16.7 Å². The van der Waals surface area contributed by atoms with Gasteiger partial charge in [-0.3, -0.25) is 4.79 Å². The summed E-state index contributed by atoms with van der Waals surface area (Å²) < 4.78 is 10.7. The van der Waals surface area contributed by atoms with Crippen molar-refractivity contribution in [1.82, 2.24) is 0 Å². The molecule has 1 aliphatic rings. The number of ether oxygens (including phenoxy) is 2. The molecule has 1 aromatic carbocycles. The summed E-state index contributed by atoms with van der Waals surface area (Å²) in [4.78, 5) is 15.7. The van der Waals surface area contributed by atoms with Gasteiger partial charge >= 0.3 is 0 Å². The van der Waals surface area contributed by atoms with Crippen molar-refractivity contribution in [3.63, 3.8) is 0 Å². The van der Waals surface area contributed by atoms with Crippen LogP contribution in [0.4, 0.5) is 0 Å². The van der Waals surface area contributed by atoms with E-state index in [0.29, 0.717) is 23.0 Å². The Bertz CT molecular complexity index is 567. The lowest BCUT2D eigenvalue weighted by molar-refractivity contribution is -0.113. The van der Waals surface area contributed by atoms with Crippen LogP contribution in [-0.2, 0) is 4.79 Å². The normalized spacial score (nSPS) is 16.6. The molecular formula is C13H14N2O3S. The molecule has 0 aliphatic carbocycles. The molecule has 0 saturated carbocycles. The molecular weight excluding hydrogens is 264 g/mol. The van der Waals surface area contributed by atoms with Crippen LogP contribution in [0.2, 0.25) is 0 Å². The first kappa shape index (κ1) is 13.5. The van der Waals surface area contributed by atoms with Gasteiger partial charge in [-0.2, -0.15) is 4.99 Å². The summed E-state index contributed by atoms with van der Waals surface area (Å²) in [6, 6.07) is 5.46. The maximum Gasteiger partial charge on any atom is 0.286 e. The molecule has 5 nitrogen and oxygen atoms in total. The average Bonchev–Trinajstić information content (AvgIpc) is 2.69. The number of thioether (sulfide) groups is 1. The molecule has 6 heteroatoms. The highest BCUT2D eigenvalue weighted by atomic mass is 32.2. The minimum atomic E-state index is -0.309. The molecule has 19 heavy (non-hydrogen) atoms. The molecule has 0 saturated heterocycles. The smallest absolute Gasteiger partial charge is 0.286 e. The van der Waals surface area contributed by atoms with Crippen molar-refractivity contribution in [2.45, 2.75) is 6.92 Å². The van der Waals surface area contributed by atoms with E-state index in [4.69, 9.17) is 15.2 Å². The number of nitrogens with two attached hydrogens (primary N) is 1. The van der Waals surface area contributed by atoms with Crippen LogP contribution in [0, 0.1) is 0 Å². The van der Waals surface area contributed by atoms with Gasteiger partial charge in [-0.05, 0) is 42.5 Å². The molecule has 1 aliphatic heterocycles. The molecule has 0 radical (unpaired) electrons. The standard InChI is InChI=1S/C13H14N2O3S/c1-3-18-10-6-8(4-5-9(10)17-2)7-11-12(16)15-13(14)19-11/h4-7H,3H2,1-2H3,(H2,14,15,16)/b11-7-. The third-order valence-corrected chi connectivity index (χ3v) is 3.24. The van der Waals surface area contributed by atoms with Crippen LogP contribution in [0.5, 0.6) is 11.5 Å². The molecule has 1 amide bonds. The molecule has 2 N–H and O–H groups in total. The third-order valence-electron chi connectivity index (χ3n) is 2.42. The largest absolute Gasteiger partial charge is 0.493 e. The fourth-order valence-corrected chi connectivity index (χ4v) is 2.31. The van der Waals surface area contributed by atoms with Gasteiger partial charge in [-0.1, -0.05) is 6.07 Å². The molecule has 0 aromatic heterocycles. The Morgan fingerprint density at radius 2 is 2.21 bits per heavy atom. The summed E-state index contributed by atoms with van der Waals surface area (Å²) in [5, 5.41) is 0.273. The minimum absolute atomic E-state index is 0.273. The van der Waals surface area contributed by atoms with Gasteiger partial charge in [0, 0.05) is 0 Å². The fraction of sp³-hybridized carbons (Fsp3) is 0.231. The quantitative estimate of drug-likeness (QED) is 0.853. The Labute approximate surface area is 115 Å². The first-order chi connectivity index (χ1) is 9.13. The van der Waals surface area contributed by atoms with Gasteiger partial charge < -0.3 is 15.2 Å². The molecule has 100 valence electrons. The second kappa shape index (κ2) is 5.79. The van der Waals surface area contributed by atoms with Gasteiger partial charge in [0.2, 0.25) is 0 Å². The van der Waals surface area contributed by atoms with Gasteiger partial charge in [-0.25, -0.2) is 0 Å². The monoisotopic (exact) mass is 278 g/mol. The number of hydrogen-bond acceptors (Lipinski definition) is 5. The number of rotatable bonds is 4. The van der Waals surface area contributed by atoms with Gasteiger partial charge in [0.1, 0.15) is 0 Å². The number of nitrogens with zero attached hydrogens (tertiary/aromatic N) is 1. The summed E-state index contributed by atoms with van der Waals surface area (Å²) in [5.41, 5.74) is 6.34. The summed E-state index contributed by atoms with van der Waals surface area (Å²) in [6.45, 7) is 2.44. The zero-order chi connectivity index (χ0) is 13.8. The summed E-state index contributed by atoms with van der Waals surface area (Å²) in [5.74, 6) is 0.991. The van der Waals surface area contributed by atoms with Crippen LogP contribution < -0.4 is 15.2 Å². The number of amidine groups is 1. The van der Waals surface area contributed by atoms with Crippen molar-refractivity contribution < 1.29 is 14.3 Å². The first-order valence-electron chi connectivity index (χ1n) is 5.73. The van der Waals surface area contributed by atoms with Crippen molar-refractivity contribution in [3.05, 3.63) is 28.7 Å². The van der Waals surface area contributed by atoms with Gasteiger partial charge in [0.25, 0.3) is 5.91 Å². The predicted octanol–water partition coefficient (Wildman–Crippen LogP) is 2.02. The van der Waals surface area contributed by atoms with E-state index in [-0.39, 0.29) is 11.1 Å². The van der Waals surface area contributed by atoms with E-state index in [1.54, 1.807) is 19.3 Å². The molecule has 1 aromatic rings. The van der Waals surface area contributed by atoms with Crippen molar-refractivity contribution >= 4 is 28.9 Å². The summed E-state index contributed by atoms with van der Waals surface area (Å²) in [6.07, 6.45) is 1.73. The Kier molecular flexibility index (Phi) is 4.11. The lowest BCUT2D eigenvalue weighted by atomic mass is 10.2. The fourth-order valence-electron chi connectivity index (χ4n) is 1.63. The Hall–Kier alpha value is -1.95. The number of aliphatic imine (C=N–C) groups is 1. The maximum atomic E-state index is 11.5. The van der Waals surface area contributed by atoms with E-state index in [2.05, 4.69) is 4.99 Å². The van der Waals surface area contributed by atoms with Gasteiger partial charge in [0.05, 0.1) is 18.6 Å². The second-order valence-electron chi connectivity index (χ2n) is 3.71. The van der Waals surface area contributed by atoms with Crippen LogP contribution in [0.25, 0.3) is 6.08 Å². The van der Waals surface area contributed by atoms with Crippen LogP contribution in [0.1, 0.15) is 12.5 Å². The Morgan fingerprint density at radius 1 is 1.42 bits per heavy atom. The maximum absolute atomic E-state index is 11.5. The number of carbonyl (C=O) groups is 1. The predicted molar refractivity (Wildman–Crippen MR) is 76.4 cm³/mol. The van der Waals surface area contributed by atoms with E-state index in [9.17, 15) is 4.79 Å². The molecule has 0 spiro atoms. The Morgan fingerprint density at radius 3 is 2.79 bits per heavy atom. The van der Waals surface area contributed by atoms with E-state index in [1.807, 2.05) is 19.1 Å². The SMILES string of the molecule is CCOc1cc(/C=C2\SC(N)=NC2=O)ccc1OC. The second-order valence-corrected chi connectivity index (χ2v) is 4.77. The zero-order valence-corrected chi connectivity index (χ0v) is 11.5. The van der Waals surface area contributed by atoms with Crippen molar-refractivity contribution in [2.24, 2.45) is 10.7 Å². The molecule has 0 unspecified atom stereocenters. The molecule has 1 heterocycles. The van der Waals surface area contributed by atoms with E-state index in [1.165, 1.54) is 0 Å². The summed E-state index contributed by atoms with van der Waals surface area (Å²) in [7, 11) is 1.58. The summed E-state index contributed by atoms with van der Waals surface area (Å²) >= 11 is 1.16. The highest BCUT2D eigenvalue weighted by molar-refractivity contribution is 8.18. The minimum Gasteiger partial charge on any atom is -0.493 e. The Balaban J connectivity index is 2.29. The van der Waals surface area contributed by atoms with Crippen molar-refractivity contribution in [1.29, 1.82) is 0 Å². The lowest BCUT2D eigenvalue weighted by Crippen LogP contribution is -2.01. The number of amides is 1. The number of methoxy groups -OCH3 is 1.